The Morgan fingerprint density at radius 3 is 2.50 bits per heavy atom. The predicted octanol–water partition coefficient (Wildman–Crippen LogP) is 3.50. The molecule has 1 fully saturated rings. The predicted molar refractivity (Wildman–Crippen MR) is 138 cm³/mol. The maximum atomic E-state index is 13.8. The number of rotatable bonds is 9. The lowest BCUT2D eigenvalue weighted by molar-refractivity contribution is -0.118. The molecule has 0 bridgehead atoms. The zero-order chi connectivity index (χ0) is 25.2. The highest BCUT2D eigenvalue weighted by Crippen LogP contribution is 2.29. The molecule has 0 radical (unpaired) electrons. The van der Waals surface area contributed by atoms with E-state index in [4.69, 9.17) is 9.47 Å². The van der Waals surface area contributed by atoms with E-state index < -0.39 is 18.1 Å². The molecule has 8 heteroatoms. The first kappa shape index (κ1) is 25.3. The molecule has 1 aromatic heterocycles. The number of hydrogen-bond acceptors (Lipinski definition) is 6. The second kappa shape index (κ2) is 12.8. The van der Waals surface area contributed by atoms with Crippen LogP contribution < -0.4 is 16.0 Å². The third-order valence-electron chi connectivity index (χ3n) is 6.31. The van der Waals surface area contributed by atoms with Crippen molar-refractivity contribution in [1.82, 2.24) is 15.6 Å². The highest BCUT2D eigenvalue weighted by molar-refractivity contribution is 5.98. The van der Waals surface area contributed by atoms with Gasteiger partial charge in [0, 0.05) is 37.1 Å². The van der Waals surface area contributed by atoms with E-state index in [1.807, 2.05) is 66.7 Å². The van der Waals surface area contributed by atoms with Crippen LogP contribution in [0.2, 0.25) is 0 Å². The number of carbonyl (C=O) groups excluding carboxylic acids is 2. The molecule has 0 unspecified atom stereocenters. The average Bonchev–Trinajstić information content (AvgIpc) is 2.94. The number of aryl methyl sites for hydroxylation is 1. The van der Waals surface area contributed by atoms with Crippen molar-refractivity contribution in [1.29, 1.82) is 0 Å². The van der Waals surface area contributed by atoms with Crippen LogP contribution in [-0.4, -0.2) is 55.9 Å². The number of aromatic nitrogens is 1. The van der Waals surface area contributed by atoms with Gasteiger partial charge in [0.1, 0.15) is 6.04 Å². The molecule has 1 aliphatic rings. The van der Waals surface area contributed by atoms with E-state index in [0.29, 0.717) is 12.3 Å². The van der Waals surface area contributed by atoms with E-state index in [-0.39, 0.29) is 12.0 Å². The summed E-state index contributed by atoms with van der Waals surface area (Å²) in [6.07, 6.45) is 4.41. The van der Waals surface area contributed by atoms with Gasteiger partial charge in [-0.3, -0.25) is 9.78 Å². The Labute approximate surface area is 211 Å². The van der Waals surface area contributed by atoms with Crippen LogP contribution in [0.3, 0.4) is 0 Å². The lowest BCUT2D eigenvalue weighted by atomic mass is 9.85. The van der Waals surface area contributed by atoms with Crippen LogP contribution in [0, 0.1) is 0 Å². The molecule has 3 atom stereocenters. The van der Waals surface area contributed by atoms with Gasteiger partial charge in [-0.15, -0.1) is 0 Å². The first-order valence-corrected chi connectivity index (χ1v) is 12.2. The number of carbonyl (C=O) groups is 2. The summed E-state index contributed by atoms with van der Waals surface area (Å²) in [5, 5.41) is 9.18. The van der Waals surface area contributed by atoms with Gasteiger partial charge in [0.15, 0.2) is 0 Å². The van der Waals surface area contributed by atoms with E-state index in [0.717, 1.165) is 42.6 Å². The molecule has 4 rings (SSSR count). The van der Waals surface area contributed by atoms with Crippen molar-refractivity contribution >= 4 is 17.7 Å². The minimum Gasteiger partial charge on any atom is -0.453 e. The molecular formula is C28H32N4O4. The first-order valence-electron chi connectivity index (χ1n) is 12.2. The Morgan fingerprint density at radius 1 is 1.06 bits per heavy atom. The van der Waals surface area contributed by atoms with E-state index in [1.54, 1.807) is 12.4 Å². The number of ether oxygens (including phenoxy) is 2. The molecule has 3 aromatic rings. The van der Waals surface area contributed by atoms with Gasteiger partial charge in [-0.25, -0.2) is 4.79 Å². The molecule has 2 heterocycles. The van der Waals surface area contributed by atoms with E-state index in [9.17, 15) is 9.59 Å². The van der Waals surface area contributed by atoms with Gasteiger partial charge < -0.3 is 25.4 Å². The zero-order valence-corrected chi connectivity index (χ0v) is 20.4. The number of anilines is 1. The van der Waals surface area contributed by atoms with E-state index in [2.05, 4.69) is 20.9 Å². The second-order valence-corrected chi connectivity index (χ2v) is 8.66. The lowest BCUT2D eigenvalue weighted by Gasteiger charge is -2.28. The van der Waals surface area contributed by atoms with E-state index in [1.165, 1.54) is 7.11 Å². The SMILES string of the molecule is COC(=O)N[C@H](C(=O)Nc1ccccc1CC[C@@H]1CNCCO1)[C@H](c1ccccc1)c1ccncc1. The number of nitrogens with zero attached hydrogens (tertiary/aromatic N) is 1. The summed E-state index contributed by atoms with van der Waals surface area (Å²) in [6, 6.07) is 20.1. The third kappa shape index (κ3) is 6.68. The molecule has 188 valence electrons. The number of methoxy groups -OCH3 is 1. The normalized spacial score (nSPS) is 17.0. The summed E-state index contributed by atoms with van der Waals surface area (Å²) >= 11 is 0. The van der Waals surface area contributed by atoms with Crippen LogP contribution in [0.25, 0.3) is 0 Å². The maximum Gasteiger partial charge on any atom is 0.407 e. The van der Waals surface area contributed by atoms with Crippen LogP contribution in [0.5, 0.6) is 0 Å². The number of alkyl carbamates (subject to hydrolysis) is 1. The van der Waals surface area contributed by atoms with Gasteiger partial charge in [0.05, 0.1) is 19.8 Å². The average molecular weight is 489 g/mol. The molecule has 0 spiro atoms. The molecule has 0 aliphatic carbocycles. The van der Waals surface area contributed by atoms with Gasteiger partial charge in [-0.2, -0.15) is 0 Å². The Kier molecular flexibility index (Phi) is 9.02. The number of morpholine rings is 1. The Bertz CT molecular complexity index is 1080. The third-order valence-corrected chi connectivity index (χ3v) is 6.31. The van der Waals surface area contributed by atoms with Crippen molar-refractivity contribution in [3.05, 3.63) is 95.8 Å². The zero-order valence-electron chi connectivity index (χ0n) is 20.4. The fraction of sp³-hybridized carbons (Fsp3) is 0.321. The minimum absolute atomic E-state index is 0.144. The second-order valence-electron chi connectivity index (χ2n) is 8.66. The number of benzene rings is 2. The quantitative estimate of drug-likeness (QED) is 0.426. The Hall–Kier alpha value is -3.75. The number of para-hydroxylation sites is 1. The van der Waals surface area contributed by atoms with Gasteiger partial charge in [0.2, 0.25) is 5.91 Å². The molecule has 3 N–H and O–H groups in total. The molecule has 0 saturated carbocycles. The number of amides is 2. The van der Waals surface area contributed by atoms with Crippen molar-refractivity contribution in [3.63, 3.8) is 0 Å². The van der Waals surface area contributed by atoms with Crippen LogP contribution in [0.1, 0.15) is 29.0 Å². The number of hydrogen-bond donors (Lipinski definition) is 3. The number of nitrogens with one attached hydrogen (secondary N) is 3. The standard InChI is InChI=1S/C28H32N4O4/c1-35-28(34)32-26(25(21-8-3-2-4-9-21)22-13-15-29-16-14-22)27(33)31-24-10-6-5-7-20(24)11-12-23-19-30-17-18-36-23/h2-10,13-16,23,25-26,30H,11-12,17-19H2,1H3,(H,31,33)(H,32,34)/t23-,25-,26+/m1/s1. The lowest BCUT2D eigenvalue weighted by Crippen LogP contribution is -2.48. The Morgan fingerprint density at radius 2 is 1.78 bits per heavy atom. The summed E-state index contributed by atoms with van der Waals surface area (Å²) < 4.78 is 10.7. The van der Waals surface area contributed by atoms with Crippen molar-refractivity contribution in [2.75, 3.05) is 32.1 Å². The highest BCUT2D eigenvalue weighted by atomic mass is 16.5. The van der Waals surface area contributed by atoms with Crippen molar-refractivity contribution in [2.24, 2.45) is 0 Å². The molecular weight excluding hydrogens is 456 g/mol. The van der Waals surface area contributed by atoms with Crippen molar-refractivity contribution < 1.29 is 19.1 Å². The summed E-state index contributed by atoms with van der Waals surface area (Å²) in [5.41, 5.74) is 3.46. The molecule has 2 aromatic carbocycles. The van der Waals surface area contributed by atoms with Crippen LogP contribution >= 0.6 is 0 Å². The molecule has 36 heavy (non-hydrogen) atoms. The van der Waals surface area contributed by atoms with Crippen LogP contribution in [0.15, 0.2) is 79.1 Å². The minimum atomic E-state index is -0.929. The fourth-order valence-electron chi connectivity index (χ4n) is 4.49. The largest absolute Gasteiger partial charge is 0.453 e. The molecule has 1 aliphatic heterocycles. The summed E-state index contributed by atoms with van der Waals surface area (Å²) in [5.74, 6) is -0.795. The van der Waals surface area contributed by atoms with Gasteiger partial charge in [-0.05, 0) is 47.7 Å². The Balaban J connectivity index is 1.60. The fourth-order valence-corrected chi connectivity index (χ4v) is 4.49. The monoisotopic (exact) mass is 488 g/mol. The summed E-state index contributed by atoms with van der Waals surface area (Å²) in [4.78, 5) is 30.2. The summed E-state index contributed by atoms with van der Waals surface area (Å²) in [6.45, 7) is 2.40. The topological polar surface area (TPSA) is 102 Å². The van der Waals surface area contributed by atoms with Crippen molar-refractivity contribution in [3.8, 4) is 0 Å². The molecule has 2 amide bonds. The molecule has 1 saturated heterocycles. The van der Waals surface area contributed by atoms with Gasteiger partial charge in [-0.1, -0.05) is 48.5 Å². The number of pyridine rings is 1. The first-order chi connectivity index (χ1) is 17.7. The van der Waals surface area contributed by atoms with E-state index >= 15 is 0 Å². The van der Waals surface area contributed by atoms with Gasteiger partial charge in [0.25, 0.3) is 0 Å². The van der Waals surface area contributed by atoms with Crippen LogP contribution in [-0.2, 0) is 20.7 Å². The highest BCUT2D eigenvalue weighted by Gasteiger charge is 2.33. The van der Waals surface area contributed by atoms with Gasteiger partial charge >= 0.3 is 6.09 Å². The maximum absolute atomic E-state index is 13.8. The van der Waals surface area contributed by atoms with Crippen molar-refractivity contribution in [2.45, 2.75) is 30.9 Å². The smallest absolute Gasteiger partial charge is 0.407 e. The summed E-state index contributed by atoms with van der Waals surface area (Å²) in [7, 11) is 1.28. The van der Waals surface area contributed by atoms with Crippen LogP contribution in [0.4, 0.5) is 10.5 Å². The molecule has 8 nitrogen and oxygen atoms in total.